The van der Waals surface area contributed by atoms with Crippen LogP contribution in [0.15, 0.2) is 76.0 Å². The van der Waals surface area contributed by atoms with E-state index in [2.05, 4.69) is 34.6 Å². The van der Waals surface area contributed by atoms with Crippen molar-refractivity contribution < 1.29 is 9.37 Å². The summed E-state index contributed by atoms with van der Waals surface area (Å²) in [6.07, 6.45) is 2.03. The van der Waals surface area contributed by atoms with Crippen molar-refractivity contribution in [2.45, 2.75) is 6.54 Å². The highest BCUT2D eigenvalue weighted by Gasteiger charge is 2.42. The van der Waals surface area contributed by atoms with Gasteiger partial charge in [0, 0.05) is 29.8 Å². The fraction of sp³-hybridized carbons (Fsp3) is 0.143. The van der Waals surface area contributed by atoms with Gasteiger partial charge in [-0.15, -0.1) is 4.58 Å². The first-order valence-corrected chi connectivity index (χ1v) is 11.5. The molecule has 1 amide bonds. The van der Waals surface area contributed by atoms with Crippen molar-refractivity contribution in [1.29, 1.82) is 0 Å². The quantitative estimate of drug-likeness (QED) is 0.520. The van der Waals surface area contributed by atoms with Gasteiger partial charge in [0.2, 0.25) is 0 Å². The second kappa shape index (κ2) is 8.00. The van der Waals surface area contributed by atoms with Gasteiger partial charge in [-0.2, -0.15) is 0 Å². The molecule has 136 valence electrons. The number of nitrogens with zero attached hydrogens (tertiary/aromatic N) is 2. The number of amides is 1. The Bertz CT molecular complexity index is 965. The second-order valence-electron chi connectivity index (χ2n) is 6.13. The Labute approximate surface area is 172 Å². The summed E-state index contributed by atoms with van der Waals surface area (Å²) in [7, 11) is 2.04. The van der Waals surface area contributed by atoms with Crippen LogP contribution in [0.3, 0.4) is 0 Å². The standard InChI is InChI=1S/C21H19N2OS3/c1-22-17(16-11-7-4-8-12-16)14-26-20(22)18-19(24)23(21(25-2)27-18)13-15-9-5-3-6-10-15/h3-12,14H,13H2,1-2H3/q+1. The maximum absolute atomic E-state index is 13.2. The Morgan fingerprint density at radius 1 is 1.04 bits per heavy atom. The first kappa shape index (κ1) is 18.5. The van der Waals surface area contributed by atoms with Crippen LogP contribution >= 0.6 is 35.3 Å². The number of benzene rings is 2. The summed E-state index contributed by atoms with van der Waals surface area (Å²) in [4.78, 5) is 16.1. The average Bonchev–Trinajstić information content (AvgIpc) is 3.23. The fourth-order valence-corrected chi connectivity index (χ4v) is 6.08. The fourth-order valence-electron chi connectivity index (χ4n) is 3.04. The topological polar surface area (TPSA) is 23.3 Å². The van der Waals surface area contributed by atoms with Gasteiger partial charge in [-0.25, -0.2) is 4.79 Å². The summed E-state index contributed by atoms with van der Waals surface area (Å²) in [6, 6.07) is 20.4. The van der Waals surface area contributed by atoms with Crippen molar-refractivity contribution in [2.24, 2.45) is 0 Å². The lowest BCUT2D eigenvalue weighted by atomic mass is 10.1. The molecule has 0 spiro atoms. The lowest BCUT2D eigenvalue weighted by Crippen LogP contribution is -2.21. The van der Waals surface area contributed by atoms with E-state index in [-0.39, 0.29) is 5.91 Å². The second-order valence-corrected chi connectivity index (χ2v) is 9.04. The minimum Gasteiger partial charge on any atom is -0.337 e. The van der Waals surface area contributed by atoms with Crippen molar-refractivity contribution in [3.63, 3.8) is 0 Å². The Hall–Kier alpha value is -1.89. The molecule has 0 saturated heterocycles. The summed E-state index contributed by atoms with van der Waals surface area (Å²) in [5, 5.41) is 3.13. The van der Waals surface area contributed by atoms with Gasteiger partial charge >= 0.3 is 5.91 Å². The van der Waals surface area contributed by atoms with E-state index in [1.54, 1.807) is 35.3 Å². The van der Waals surface area contributed by atoms with Crippen LogP contribution in [0.25, 0.3) is 5.70 Å². The zero-order chi connectivity index (χ0) is 18.8. The lowest BCUT2D eigenvalue weighted by molar-refractivity contribution is -0.453. The third-order valence-corrected chi connectivity index (χ3v) is 7.88. The number of carbonyl (C=O) groups excluding carboxylic acids is 1. The van der Waals surface area contributed by atoms with Gasteiger partial charge in [0.15, 0.2) is 11.4 Å². The molecule has 0 aromatic heterocycles. The highest BCUT2D eigenvalue weighted by atomic mass is 32.2. The minimum absolute atomic E-state index is 0.0882. The predicted octanol–water partition coefficient (Wildman–Crippen LogP) is 5.04. The van der Waals surface area contributed by atoms with Crippen molar-refractivity contribution in [3.05, 3.63) is 87.1 Å². The summed E-state index contributed by atoms with van der Waals surface area (Å²) in [6.45, 7) is 0.604. The van der Waals surface area contributed by atoms with Gasteiger partial charge in [0.1, 0.15) is 5.03 Å². The van der Waals surface area contributed by atoms with E-state index in [0.29, 0.717) is 6.54 Å². The molecule has 0 bridgehead atoms. The van der Waals surface area contributed by atoms with Gasteiger partial charge in [0.05, 0.1) is 5.70 Å². The van der Waals surface area contributed by atoms with Crippen LogP contribution in [-0.4, -0.2) is 33.1 Å². The molecule has 0 fully saturated rings. The molecule has 3 nitrogen and oxygen atoms in total. The molecule has 0 atom stereocenters. The van der Waals surface area contributed by atoms with Crippen molar-refractivity contribution in [2.75, 3.05) is 13.3 Å². The van der Waals surface area contributed by atoms with Crippen molar-refractivity contribution >= 4 is 51.3 Å². The zero-order valence-corrected chi connectivity index (χ0v) is 17.5. The van der Waals surface area contributed by atoms with Crippen LogP contribution in [0, 0.1) is 0 Å². The Morgan fingerprint density at radius 2 is 1.70 bits per heavy atom. The maximum atomic E-state index is 13.2. The molecular formula is C21H19N2OS3+. The van der Waals surface area contributed by atoms with Crippen molar-refractivity contribution in [3.8, 4) is 0 Å². The van der Waals surface area contributed by atoms with E-state index in [4.69, 9.17) is 0 Å². The summed E-state index contributed by atoms with van der Waals surface area (Å²) >= 11 is 4.84. The third-order valence-electron chi connectivity index (χ3n) is 4.42. The van der Waals surface area contributed by atoms with Crippen LogP contribution in [0.4, 0.5) is 0 Å². The average molecular weight is 412 g/mol. The van der Waals surface area contributed by atoms with Gasteiger partial charge in [-0.1, -0.05) is 84.2 Å². The Morgan fingerprint density at radius 3 is 2.37 bits per heavy atom. The van der Waals surface area contributed by atoms with Crippen LogP contribution in [0.5, 0.6) is 0 Å². The molecule has 27 heavy (non-hydrogen) atoms. The van der Waals surface area contributed by atoms with Gasteiger partial charge in [-0.05, 0) is 11.8 Å². The number of carbonyl (C=O) groups is 1. The lowest BCUT2D eigenvalue weighted by Gasteiger charge is -2.18. The first-order valence-electron chi connectivity index (χ1n) is 8.54. The van der Waals surface area contributed by atoms with Crippen LogP contribution in [-0.2, 0) is 11.3 Å². The molecule has 0 saturated carbocycles. The molecule has 2 aliphatic rings. The molecular weight excluding hydrogens is 392 g/mol. The molecule has 0 N–H and O–H groups in total. The van der Waals surface area contributed by atoms with E-state index >= 15 is 0 Å². The van der Waals surface area contributed by atoms with Gasteiger partial charge in [0.25, 0.3) is 4.38 Å². The SMILES string of the molecule is CSC1=[N+](Cc2ccccc2)C(=O)C(=C2SC=C(c3ccccc3)N2C)S1. The summed E-state index contributed by atoms with van der Waals surface area (Å²) in [5.41, 5.74) is 3.43. The molecule has 0 radical (unpaired) electrons. The Kier molecular flexibility index (Phi) is 5.48. The molecule has 2 aromatic carbocycles. The zero-order valence-electron chi connectivity index (χ0n) is 15.1. The molecule has 4 rings (SSSR count). The predicted molar refractivity (Wildman–Crippen MR) is 118 cm³/mol. The molecule has 6 heteroatoms. The van der Waals surface area contributed by atoms with E-state index in [1.165, 1.54) is 0 Å². The van der Waals surface area contributed by atoms with E-state index in [9.17, 15) is 4.79 Å². The largest absolute Gasteiger partial charge is 0.430 e. The number of hydrogen-bond acceptors (Lipinski definition) is 5. The highest BCUT2D eigenvalue weighted by Crippen LogP contribution is 2.45. The number of rotatable bonds is 3. The molecule has 2 heterocycles. The summed E-state index contributed by atoms with van der Waals surface area (Å²) < 4.78 is 2.93. The monoisotopic (exact) mass is 411 g/mol. The first-order chi connectivity index (χ1) is 13.2. The Balaban J connectivity index is 1.62. The number of hydrogen-bond donors (Lipinski definition) is 0. The van der Waals surface area contributed by atoms with Crippen molar-refractivity contribution in [1.82, 2.24) is 4.90 Å². The van der Waals surface area contributed by atoms with Crippen LogP contribution in [0.1, 0.15) is 11.1 Å². The number of thioether (sulfide) groups is 3. The molecule has 0 aliphatic carbocycles. The minimum atomic E-state index is 0.0882. The van der Waals surface area contributed by atoms with E-state index < -0.39 is 0 Å². The third kappa shape index (κ3) is 3.61. The van der Waals surface area contributed by atoms with E-state index in [0.717, 1.165) is 31.1 Å². The molecule has 2 aliphatic heterocycles. The van der Waals surface area contributed by atoms with Gasteiger partial charge < -0.3 is 4.90 Å². The van der Waals surface area contributed by atoms with Gasteiger partial charge in [-0.3, -0.25) is 0 Å². The van der Waals surface area contributed by atoms with E-state index in [1.807, 2.05) is 54.3 Å². The maximum Gasteiger partial charge on any atom is 0.430 e. The summed E-state index contributed by atoms with van der Waals surface area (Å²) in [5.74, 6) is 0.0882. The van der Waals surface area contributed by atoms with Crippen LogP contribution in [0.2, 0.25) is 0 Å². The highest BCUT2D eigenvalue weighted by molar-refractivity contribution is 8.40. The molecule has 2 aromatic rings. The smallest absolute Gasteiger partial charge is 0.337 e. The normalized spacial score (nSPS) is 19.9. The van der Waals surface area contributed by atoms with Crippen LogP contribution < -0.4 is 0 Å². The molecule has 0 unspecified atom stereocenters.